The van der Waals surface area contributed by atoms with Crippen molar-refractivity contribution in [3.8, 4) is 11.5 Å². The van der Waals surface area contributed by atoms with Gasteiger partial charge < -0.3 is 10.5 Å². The number of fused-ring (bicyclic) bond motifs is 1. The first kappa shape index (κ1) is 14.0. The van der Waals surface area contributed by atoms with Crippen molar-refractivity contribution in [3.63, 3.8) is 0 Å². The summed E-state index contributed by atoms with van der Waals surface area (Å²) in [5.74, 6) is 1.55. The molecule has 0 amide bonds. The molecule has 106 valence electrons. The number of halogens is 1. The first-order chi connectivity index (χ1) is 10.1. The van der Waals surface area contributed by atoms with E-state index >= 15 is 0 Å². The lowest BCUT2D eigenvalue weighted by Crippen LogP contribution is -2.04. The van der Waals surface area contributed by atoms with Crippen molar-refractivity contribution < 1.29 is 4.74 Å². The Bertz CT molecular complexity index is 781. The maximum absolute atomic E-state index is 6.03. The number of hydrogen-bond donors (Lipinski definition) is 1. The molecule has 2 aromatic carbocycles. The molecular formula is C17H15BrN2O. The molecule has 0 unspecified atom stereocenters. The van der Waals surface area contributed by atoms with E-state index in [0.29, 0.717) is 0 Å². The number of pyridine rings is 1. The molecule has 0 spiro atoms. The third-order valence-corrected chi connectivity index (χ3v) is 3.93. The van der Waals surface area contributed by atoms with Crippen LogP contribution in [-0.2, 0) is 0 Å². The molecule has 2 N–H and O–H groups in total. The van der Waals surface area contributed by atoms with Crippen molar-refractivity contribution in [2.45, 2.75) is 13.0 Å². The molecule has 0 fully saturated rings. The van der Waals surface area contributed by atoms with E-state index in [1.807, 2.05) is 55.5 Å². The third-order valence-electron chi connectivity index (χ3n) is 3.31. The van der Waals surface area contributed by atoms with Gasteiger partial charge in [0.2, 0.25) is 0 Å². The van der Waals surface area contributed by atoms with Gasteiger partial charge in [0.05, 0.1) is 9.99 Å². The number of ether oxygens (including phenoxy) is 1. The highest BCUT2D eigenvalue weighted by atomic mass is 79.9. The standard InChI is InChI=1S/C17H15BrN2O/c1-11(19)12-7-8-17(14(18)10-12)21-16-6-2-5-15-13(16)4-3-9-20-15/h2-11H,19H2,1H3/t11-/m0/s1. The molecule has 1 heterocycles. The van der Waals surface area contributed by atoms with Gasteiger partial charge in [0.1, 0.15) is 11.5 Å². The number of nitrogens with two attached hydrogens (primary N) is 1. The second kappa shape index (κ2) is 5.84. The Balaban J connectivity index is 1.99. The summed E-state index contributed by atoms with van der Waals surface area (Å²) >= 11 is 3.54. The lowest BCUT2D eigenvalue weighted by Gasteiger charge is -2.12. The van der Waals surface area contributed by atoms with E-state index in [4.69, 9.17) is 10.5 Å². The van der Waals surface area contributed by atoms with E-state index in [9.17, 15) is 0 Å². The number of hydrogen-bond acceptors (Lipinski definition) is 3. The molecule has 0 aliphatic heterocycles. The Morgan fingerprint density at radius 2 is 1.95 bits per heavy atom. The summed E-state index contributed by atoms with van der Waals surface area (Å²) in [7, 11) is 0. The quantitative estimate of drug-likeness (QED) is 0.742. The van der Waals surface area contributed by atoms with Crippen molar-refractivity contribution in [1.82, 2.24) is 4.98 Å². The summed E-state index contributed by atoms with van der Waals surface area (Å²) in [6.07, 6.45) is 1.78. The highest BCUT2D eigenvalue weighted by molar-refractivity contribution is 9.10. The fourth-order valence-corrected chi connectivity index (χ4v) is 2.64. The molecule has 0 aliphatic carbocycles. The Morgan fingerprint density at radius 3 is 2.71 bits per heavy atom. The topological polar surface area (TPSA) is 48.1 Å². The number of benzene rings is 2. The van der Waals surface area contributed by atoms with Gasteiger partial charge in [-0.15, -0.1) is 0 Å². The maximum atomic E-state index is 6.03. The molecule has 3 rings (SSSR count). The normalized spacial score (nSPS) is 12.3. The molecule has 3 nitrogen and oxygen atoms in total. The number of nitrogens with zero attached hydrogens (tertiary/aromatic N) is 1. The number of rotatable bonds is 3. The molecule has 0 bridgehead atoms. The lowest BCUT2D eigenvalue weighted by molar-refractivity contribution is 0.484. The summed E-state index contributed by atoms with van der Waals surface area (Å²) < 4.78 is 6.92. The van der Waals surface area contributed by atoms with Gasteiger partial charge in [0.25, 0.3) is 0 Å². The summed E-state index contributed by atoms with van der Waals surface area (Å²) in [5, 5.41) is 0.989. The average Bonchev–Trinajstić information content (AvgIpc) is 2.49. The van der Waals surface area contributed by atoms with Crippen LogP contribution in [0.2, 0.25) is 0 Å². The molecule has 4 heteroatoms. The SMILES string of the molecule is C[C@H](N)c1ccc(Oc2cccc3ncccc23)c(Br)c1. The Hall–Kier alpha value is -1.91. The smallest absolute Gasteiger partial charge is 0.141 e. The van der Waals surface area contributed by atoms with Crippen LogP contribution in [0.3, 0.4) is 0 Å². The van der Waals surface area contributed by atoms with Gasteiger partial charge in [0.15, 0.2) is 0 Å². The zero-order valence-corrected chi connectivity index (χ0v) is 13.2. The monoisotopic (exact) mass is 342 g/mol. The molecule has 0 radical (unpaired) electrons. The molecule has 1 atom stereocenters. The maximum Gasteiger partial charge on any atom is 0.141 e. The largest absolute Gasteiger partial charge is 0.455 e. The van der Waals surface area contributed by atoms with Gasteiger partial charge in [-0.2, -0.15) is 0 Å². The van der Waals surface area contributed by atoms with E-state index < -0.39 is 0 Å². The van der Waals surface area contributed by atoms with Crippen molar-refractivity contribution in [1.29, 1.82) is 0 Å². The van der Waals surface area contributed by atoms with Crippen molar-refractivity contribution in [3.05, 3.63) is 64.8 Å². The van der Waals surface area contributed by atoms with E-state index in [2.05, 4.69) is 20.9 Å². The van der Waals surface area contributed by atoms with Gasteiger partial charge in [-0.3, -0.25) is 4.98 Å². The molecule has 0 aliphatic rings. The van der Waals surface area contributed by atoms with Crippen LogP contribution in [0.25, 0.3) is 10.9 Å². The molecule has 1 aromatic heterocycles. The van der Waals surface area contributed by atoms with Gasteiger partial charge in [-0.25, -0.2) is 0 Å². The first-order valence-electron chi connectivity index (χ1n) is 6.72. The summed E-state index contributed by atoms with van der Waals surface area (Å²) in [4.78, 5) is 4.33. The van der Waals surface area contributed by atoms with Crippen molar-refractivity contribution in [2.24, 2.45) is 5.73 Å². The Morgan fingerprint density at radius 1 is 1.10 bits per heavy atom. The zero-order chi connectivity index (χ0) is 14.8. The second-order valence-corrected chi connectivity index (χ2v) is 5.76. The van der Waals surface area contributed by atoms with E-state index in [-0.39, 0.29) is 6.04 Å². The minimum absolute atomic E-state index is 0.00268. The molecule has 21 heavy (non-hydrogen) atoms. The Kier molecular flexibility index (Phi) is 3.90. The average molecular weight is 343 g/mol. The van der Waals surface area contributed by atoms with Crippen LogP contribution in [0.1, 0.15) is 18.5 Å². The van der Waals surface area contributed by atoms with E-state index in [1.54, 1.807) is 6.20 Å². The van der Waals surface area contributed by atoms with Gasteiger partial charge in [0, 0.05) is 17.6 Å². The van der Waals surface area contributed by atoms with Crippen LogP contribution in [0.15, 0.2) is 59.2 Å². The highest BCUT2D eigenvalue weighted by Crippen LogP contribution is 2.34. The summed E-state index contributed by atoms with van der Waals surface area (Å²) in [6.45, 7) is 1.96. The first-order valence-corrected chi connectivity index (χ1v) is 7.51. The third kappa shape index (κ3) is 2.91. The fourth-order valence-electron chi connectivity index (χ4n) is 2.17. The van der Waals surface area contributed by atoms with E-state index in [0.717, 1.165) is 32.4 Å². The lowest BCUT2D eigenvalue weighted by atomic mass is 10.1. The van der Waals surface area contributed by atoms with Crippen LogP contribution >= 0.6 is 15.9 Å². The van der Waals surface area contributed by atoms with Crippen LogP contribution in [0.5, 0.6) is 11.5 Å². The van der Waals surface area contributed by atoms with Crippen LogP contribution in [0.4, 0.5) is 0 Å². The predicted octanol–water partition coefficient (Wildman–Crippen LogP) is 4.81. The predicted molar refractivity (Wildman–Crippen MR) is 88.6 cm³/mol. The minimum atomic E-state index is -0.00268. The molecule has 0 saturated carbocycles. The minimum Gasteiger partial charge on any atom is -0.455 e. The van der Waals surface area contributed by atoms with Gasteiger partial charge >= 0.3 is 0 Å². The fraction of sp³-hybridized carbons (Fsp3) is 0.118. The number of aromatic nitrogens is 1. The summed E-state index contributed by atoms with van der Waals surface area (Å²) in [5.41, 5.74) is 7.87. The van der Waals surface area contributed by atoms with Crippen LogP contribution in [0, 0.1) is 0 Å². The molecule has 0 saturated heterocycles. The van der Waals surface area contributed by atoms with Crippen molar-refractivity contribution in [2.75, 3.05) is 0 Å². The highest BCUT2D eigenvalue weighted by Gasteiger charge is 2.08. The zero-order valence-electron chi connectivity index (χ0n) is 11.6. The van der Waals surface area contributed by atoms with Gasteiger partial charge in [-0.1, -0.05) is 12.1 Å². The van der Waals surface area contributed by atoms with Crippen LogP contribution < -0.4 is 10.5 Å². The molecular weight excluding hydrogens is 328 g/mol. The van der Waals surface area contributed by atoms with Gasteiger partial charge in [-0.05, 0) is 64.8 Å². The second-order valence-electron chi connectivity index (χ2n) is 4.91. The van der Waals surface area contributed by atoms with Crippen LogP contribution in [-0.4, -0.2) is 4.98 Å². The summed E-state index contributed by atoms with van der Waals surface area (Å²) in [6, 6.07) is 15.7. The molecule has 3 aromatic rings. The Labute approximate surface area is 131 Å². The van der Waals surface area contributed by atoms with E-state index in [1.165, 1.54) is 0 Å². The van der Waals surface area contributed by atoms with Crippen molar-refractivity contribution >= 4 is 26.8 Å².